The van der Waals surface area contributed by atoms with Crippen molar-refractivity contribution in [3.63, 3.8) is 0 Å². The van der Waals surface area contributed by atoms with Crippen LogP contribution >= 0.6 is 0 Å². The summed E-state index contributed by atoms with van der Waals surface area (Å²) in [6.45, 7) is 3.81. The minimum absolute atomic E-state index is 0.0838. The molecule has 0 bridgehead atoms. The van der Waals surface area contributed by atoms with Gasteiger partial charge in [0.1, 0.15) is 6.54 Å². The molecule has 0 aliphatic rings. The number of fused-ring (bicyclic) bond motifs is 1. The number of nitrogens with zero attached hydrogens (tertiary/aromatic N) is 2. The Labute approximate surface area is 87.1 Å². The van der Waals surface area contributed by atoms with Crippen LogP contribution in [0.2, 0.25) is 0 Å². The van der Waals surface area contributed by atoms with Gasteiger partial charge in [0.05, 0.1) is 5.52 Å². The van der Waals surface area contributed by atoms with Gasteiger partial charge in [-0.3, -0.25) is 9.48 Å². The van der Waals surface area contributed by atoms with Crippen LogP contribution in [0.4, 0.5) is 0 Å². The Kier molecular flexibility index (Phi) is 2.19. The molecule has 0 amide bonds. The average Bonchev–Trinajstić information content (AvgIpc) is 2.44. The highest BCUT2D eigenvalue weighted by atomic mass is 16.4. The van der Waals surface area contributed by atoms with Crippen LogP contribution in [-0.4, -0.2) is 20.9 Å². The maximum atomic E-state index is 10.6. The Morgan fingerprint density at radius 2 is 2.20 bits per heavy atom. The number of hydrogen-bond acceptors (Lipinski definition) is 2. The zero-order valence-electron chi connectivity index (χ0n) is 8.69. The van der Waals surface area contributed by atoms with E-state index in [1.807, 2.05) is 32.0 Å². The van der Waals surface area contributed by atoms with Crippen LogP contribution in [0.5, 0.6) is 0 Å². The number of carboxylic acids is 1. The van der Waals surface area contributed by atoms with E-state index in [4.69, 9.17) is 5.11 Å². The van der Waals surface area contributed by atoms with Gasteiger partial charge in [-0.05, 0) is 26.0 Å². The van der Waals surface area contributed by atoms with Crippen molar-refractivity contribution in [2.24, 2.45) is 0 Å². The molecule has 0 atom stereocenters. The number of carbonyl (C=O) groups is 1. The third-order valence-corrected chi connectivity index (χ3v) is 2.44. The minimum Gasteiger partial charge on any atom is -0.480 e. The number of aromatic nitrogens is 2. The Hall–Kier alpha value is -1.84. The lowest BCUT2D eigenvalue weighted by Gasteiger charge is -1.98. The van der Waals surface area contributed by atoms with E-state index in [0.29, 0.717) is 0 Å². The first-order valence-corrected chi connectivity index (χ1v) is 4.73. The lowest BCUT2D eigenvalue weighted by molar-refractivity contribution is -0.137. The quantitative estimate of drug-likeness (QED) is 0.810. The van der Waals surface area contributed by atoms with Crippen molar-refractivity contribution in [2.75, 3.05) is 0 Å². The van der Waals surface area contributed by atoms with Gasteiger partial charge in [0, 0.05) is 11.1 Å². The second kappa shape index (κ2) is 3.38. The molecule has 4 heteroatoms. The van der Waals surface area contributed by atoms with Crippen LogP contribution in [0.15, 0.2) is 18.2 Å². The molecule has 4 nitrogen and oxygen atoms in total. The number of hydrogen-bond donors (Lipinski definition) is 1. The molecule has 1 aromatic carbocycles. The summed E-state index contributed by atoms with van der Waals surface area (Å²) in [6.07, 6.45) is 0. The first-order valence-electron chi connectivity index (χ1n) is 4.73. The maximum Gasteiger partial charge on any atom is 0.325 e. The second-order valence-corrected chi connectivity index (χ2v) is 3.66. The summed E-state index contributed by atoms with van der Waals surface area (Å²) in [5.74, 6) is -0.873. The molecule has 0 spiro atoms. The Bertz CT molecular complexity index is 529. The van der Waals surface area contributed by atoms with Crippen LogP contribution in [-0.2, 0) is 11.3 Å². The number of aryl methyl sites for hydroxylation is 2. The van der Waals surface area contributed by atoms with Gasteiger partial charge in [0.15, 0.2) is 0 Å². The van der Waals surface area contributed by atoms with Crippen LogP contribution < -0.4 is 0 Å². The standard InChI is InChI=1S/C11H12N2O2/c1-7-3-4-10-9(5-7)8(2)13(12-10)6-11(14)15/h3-5H,6H2,1-2H3,(H,14,15). The molecular formula is C11H12N2O2. The molecule has 0 saturated carbocycles. The molecule has 1 heterocycles. The van der Waals surface area contributed by atoms with Gasteiger partial charge in [-0.2, -0.15) is 5.10 Å². The van der Waals surface area contributed by atoms with Crippen LogP contribution in [0, 0.1) is 13.8 Å². The Balaban J connectivity index is 2.59. The molecule has 1 aromatic heterocycles. The fraction of sp³-hybridized carbons (Fsp3) is 0.273. The van der Waals surface area contributed by atoms with E-state index in [0.717, 1.165) is 22.2 Å². The smallest absolute Gasteiger partial charge is 0.325 e. The molecule has 0 aliphatic carbocycles. The van der Waals surface area contributed by atoms with Crippen LogP contribution in [0.3, 0.4) is 0 Å². The molecule has 2 aromatic rings. The van der Waals surface area contributed by atoms with Crippen molar-refractivity contribution in [2.45, 2.75) is 20.4 Å². The average molecular weight is 204 g/mol. The predicted molar refractivity (Wildman–Crippen MR) is 56.8 cm³/mol. The summed E-state index contributed by atoms with van der Waals surface area (Å²) >= 11 is 0. The van der Waals surface area contributed by atoms with Crippen molar-refractivity contribution in [3.05, 3.63) is 29.5 Å². The zero-order chi connectivity index (χ0) is 11.0. The minimum atomic E-state index is -0.873. The predicted octanol–water partition coefficient (Wildman–Crippen LogP) is 1.74. The van der Waals surface area contributed by atoms with Gasteiger partial charge in [-0.15, -0.1) is 0 Å². The topological polar surface area (TPSA) is 55.1 Å². The lowest BCUT2D eigenvalue weighted by Crippen LogP contribution is -2.11. The first-order chi connectivity index (χ1) is 7.08. The van der Waals surface area contributed by atoms with Crippen molar-refractivity contribution in [3.8, 4) is 0 Å². The van der Waals surface area contributed by atoms with Crippen molar-refractivity contribution in [1.82, 2.24) is 9.78 Å². The highest BCUT2D eigenvalue weighted by Crippen LogP contribution is 2.18. The SMILES string of the molecule is Cc1ccc2nn(CC(=O)O)c(C)c2c1. The fourth-order valence-corrected chi connectivity index (χ4v) is 1.65. The van der Waals surface area contributed by atoms with E-state index in [2.05, 4.69) is 5.10 Å². The highest BCUT2D eigenvalue weighted by Gasteiger charge is 2.09. The highest BCUT2D eigenvalue weighted by molar-refractivity contribution is 5.82. The van der Waals surface area contributed by atoms with Crippen LogP contribution in [0.1, 0.15) is 11.3 Å². The number of carboxylic acid groups (broad SMARTS) is 1. The number of aliphatic carboxylic acids is 1. The van der Waals surface area contributed by atoms with Gasteiger partial charge in [-0.25, -0.2) is 0 Å². The molecule has 15 heavy (non-hydrogen) atoms. The van der Waals surface area contributed by atoms with E-state index < -0.39 is 5.97 Å². The van der Waals surface area contributed by atoms with Gasteiger partial charge in [0.25, 0.3) is 0 Å². The first kappa shape index (κ1) is 9.71. The third-order valence-electron chi connectivity index (χ3n) is 2.44. The third kappa shape index (κ3) is 1.70. The van der Waals surface area contributed by atoms with E-state index in [9.17, 15) is 4.79 Å². The molecule has 0 aliphatic heterocycles. The Morgan fingerprint density at radius 3 is 2.87 bits per heavy atom. The van der Waals surface area contributed by atoms with E-state index in [1.54, 1.807) is 0 Å². The molecular weight excluding hydrogens is 192 g/mol. The van der Waals surface area contributed by atoms with E-state index in [1.165, 1.54) is 4.68 Å². The summed E-state index contributed by atoms with van der Waals surface area (Å²) in [5.41, 5.74) is 2.90. The second-order valence-electron chi connectivity index (χ2n) is 3.66. The molecule has 78 valence electrons. The number of benzene rings is 1. The van der Waals surface area contributed by atoms with E-state index >= 15 is 0 Å². The summed E-state index contributed by atoms with van der Waals surface area (Å²) < 4.78 is 1.52. The summed E-state index contributed by atoms with van der Waals surface area (Å²) in [4.78, 5) is 10.6. The largest absolute Gasteiger partial charge is 0.480 e. The molecule has 2 rings (SSSR count). The molecule has 0 radical (unpaired) electrons. The summed E-state index contributed by atoms with van der Waals surface area (Å²) in [5, 5.41) is 14.0. The molecule has 0 unspecified atom stereocenters. The Morgan fingerprint density at radius 1 is 1.47 bits per heavy atom. The van der Waals surface area contributed by atoms with Crippen molar-refractivity contribution < 1.29 is 9.90 Å². The molecule has 1 N–H and O–H groups in total. The van der Waals surface area contributed by atoms with Gasteiger partial charge in [-0.1, -0.05) is 11.6 Å². The normalized spacial score (nSPS) is 10.8. The van der Waals surface area contributed by atoms with Crippen molar-refractivity contribution in [1.29, 1.82) is 0 Å². The monoisotopic (exact) mass is 204 g/mol. The number of rotatable bonds is 2. The zero-order valence-corrected chi connectivity index (χ0v) is 8.69. The maximum absolute atomic E-state index is 10.6. The van der Waals surface area contributed by atoms with Crippen molar-refractivity contribution >= 4 is 16.9 Å². The molecule has 0 saturated heterocycles. The van der Waals surface area contributed by atoms with E-state index in [-0.39, 0.29) is 6.54 Å². The van der Waals surface area contributed by atoms with Gasteiger partial charge in [0.2, 0.25) is 0 Å². The van der Waals surface area contributed by atoms with Crippen LogP contribution in [0.25, 0.3) is 10.9 Å². The summed E-state index contributed by atoms with van der Waals surface area (Å²) in [7, 11) is 0. The fourth-order valence-electron chi connectivity index (χ4n) is 1.65. The lowest BCUT2D eigenvalue weighted by atomic mass is 10.1. The van der Waals surface area contributed by atoms with Gasteiger partial charge >= 0.3 is 5.97 Å². The summed E-state index contributed by atoms with van der Waals surface area (Å²) in [6, 6.07) is 5.91. The van der Waals surface area contributed by atoms with Gasteiger partial charge < -0.3 is 5.11 Å². The molecule has 0 fully saturated rings.